The quantitative estimate of drug-likeness (QED) is 0.765. The molecule has 0 unspecified atom stereocenters. The van der Waals surface area contributed by atoms with Gasteiger partial charge in [-0.15, -0.1) is 0 Å². The Balaban J connectivity index is 2.14. The van der Waals surface area contributed by atoms with Crippen molar-refractivity contribution in [3.63, 3.8) is 0 Å². The van der Waals surface area contributed by atoms with E-state index in [4.69, 9.17) is 20.8 Å². The van der Waals surface area contributed by atoms with Crippen molar-refractivity contribution in [3.05, 3.63) is 52.9 Å². The fourth-order valence-corrected chi connectivity index (χ4v) is 1.44. The van der Waals surface area contributed by atoms with Crippen molar-refractivity contribution >= 4 is 17.9 Å². The van der Waals surface area contributed by atoms with Crippen LogP contribution in [-0.2, 0) is 6.61 Å². The summed E-state index contributed by atoms with van der Waals surface area (Å²) in [5, 5.41) is 0.528. The van der Waals surface area contributed by atoms with Crippen molar-refractivity contribution in [2.75, 3.05) is 0 Å². The largest absolute Gasteiger partial charge is 0.485 e. The lowest BCUT2D eigenvalue weighted by molar-refractivity contribution is 0.111. The second-order valence-electron chi connectivity index (χ2n) is 3.17. The third-order valence-electron chi connectivity index (χ3n) is 2.05. The average Bonchev–Trinajstić information content (AvgIpc) is 2.79. The van der Waals surface area contributed by atoms with E-state index in [1.807, 2.05) is 0 Å². The summed E-state index contributed by atoms with van der Waals surface area (Å²) in [7, 11) is 0. The number of hydrogen-bond acceptors (Lipinski definition) is 3. The van der Waals surface area contributed by atoms with Gasteiger partial charge in [0.05, 0.1) is 11.8 Å². The van der Waals surface area contributed by atoms with E-state index in [0.29, 0.717) is 22.1 Å². The molecular formula is C12H9ClO3. The van der Waals surface area contributed by atoms with Crippen LogP contribution in [0, 0.1) is 0 Å². The SMILES string of the molecule is O=Cc1ccc(Cl)cc1OCc1ccco1. The lowest BCUT2D eigenvalue weighted by atomic mass is 10.2. The van der Waals surface area contributed by atoms with E-state index in [-0.39, 0.29) is 6.61 Å². The maximum absolute atomic E-state index is 10.8. The van der Waals surface area contributed by atoms with E-state index in [9.17, 15) is 4.79 Å². The summed E-state index contributed by atoms with van der Waals surface area (Å²) >= 11 is 5.82. The molecule has 0 aliphatic rings. The molecule has 0 fully saturated rings. The van der Waals surface area contributed by atoms with Gasteiger partial charge in [0.15, 0.2) is 6.29 Å². The molecule has 1 aromatic carbocycles. The minimum absolute atomic E-state index is 0.272. The second kappa shape index (κ2) is 4.86. The Hall–Kier alpha value is -1.74. The minimum Gasteiger partial charge on any atom is -0.485 e. The van der Waals surface area contributed by atoms with Gasteiger partial charge in [-0.3, -0.25) is 4.79 Å². The van der Waals surface area contributed by atoms with Crippen LogP contribution in [0.5, 0.6) is 5.75 Å². The number of benzene rings is 1. The fraction of sp³-hybridized carbons (Fsp3) is 0.0833. The van der Waals surface area contributed by atoms with E-state index in [1.54, 1.807) is 36.6 Å². The van der Waals surface area contributed by atoms with Crippen molar-refractivity contribution in [2.24, 2.45) is 0 Å². The zero-order valence-corrected chi connectivity index (χ0v) is 9.11. The van der Waals surface area contributed by atoms with E-state index < -0.39 is 0 Å². The Morgan fingerprint density at radius 1 is 1.38 bits per heavy atom. The molecule has 2 rings (SSSR count). The van der Waals surface area contributed by atoms with Crippen molar-refractivity contribution in [1.82, 2.24) is 0 Å². The molecule has 1 aromatic heterocycles. The lowest BCUT2D eigenvalue weighted by Gasteiger charge is -2.06. The van der Waals surface area contributed by atoms with E-state index in [1.165, 1.54) is 0 Å². The highest BCUT2D eigenvalue weighted by molar-refractivity contribution is 6.30. The molecule has 2 aromatic rings. The van der Waals surface area contributed by atoms with Gasteiger partial charge in [-0.25, -0.2) is 0 Å². The Labute approximate surface area is 97.6 Å². The second-order valence-corrected chi connectivity index (χ2v) is 3.60. The van der Waals surface area contributed by atoms with Crippen molar-refractivity contribution in [3.8, 4) is 5.75 Å². The molecule has 0 aliphatic carbocycles. The molecule has 4 heteroatoms. The zero-order valence-electron chi connectivity index (χ0n) is 8.35. The van der Waals surface area contributed by atoms with Gasteiger partial charge in [0, 0.05) is 5.02 Å². The Bertz CT molecular complexity index is 477. The molecule has 0 spiro atoms. The number of ether oxygens (including phenoxy) is 1. The summed E-state index contributed by atoms with van der Waals surface area (Å²) in [6.45, 7) is 0.272. The van der Waals surface area contributed by atoms with Crippen molar-refractivity contribution in [1.29, 1.82) is 0 Å². The summed E-state index contributed by atoms with van der Waals surface area (Å²) in [5.74, 6) is 1.15. The number of halogens is 1. The number of hydrogen-bond donors (Lipinski definition) is 0. The van der Waals surface area contributed by atoms with Gasteiger partial charge in [0.25, 0.3) is 0 Å². The Morgan fingerprint density at radius 2 is 2.25 bits per heavy atom. The molecule has 1 heterocycles. The van der Waals surface area contributed by atoms with E-state index in [0.717, 1.165) is 6.29 Å². The van der Waals surface area contributed by atoms with Gasteiger partial charge in [0.2, 0.25) is 0 Å². The topological polar surface area (TPSA) is 39.4 Å². The highest BCUT2D eigenvalue weighted by Crippen LogP contribution is 2.23. The zero-order chi connectivity index (χ0) is 11.4. The van der Waals surface area contributed by atoms with Crippen LogP contribution in [0.15, 0.2) is 41.0 Å². The first-order valence-electron chi connectivity index (χ1n) is 4.69. The molecule has 3 nitrogen and oxygen atoms in total. The molecule has 0 bridgehead atoms. The molecule has 0 aliphatic heterocycles. The van der Waals surface area contributed by atoms with E-state index in [2.05, 4.69) is 0 Å². The molecule has 0 N–H and O–H groups in total. The van der Waals surface area contributed by atoms with Crippen LogP contribution in [-0.4, -0.2) is 6.29 Å². The number of rotatable bonds is 4. The van der Waals surface area contributed by atoms with Crippen LogP contribution < -0.4 is 4.74 Å². The first-order chi connectivity index (χ1) is 7.79. The van der Waals surface area contributed by atoms with Gasteiger partial charge >= 0.3 is 0 Å². The van der Waals surface area contributed by atoms with Gasteiger partial charge in [-0.2, -0.15) is 0 Å². The molecule has 16 heavy (non-hydrogen) atoms. The lowest BCUT2D eigenvalue weighted by Crippen LogP contribution is -1.97. The first-order valence-corrected chi connectivity index (χ1v) is 5.07. The molecule has 0 amide bonds. The van der Waals surface area contributed by atoms with Crippen LogP contribution >= 0.6 is 11.6 Å². The number of carbonyl (C=O) groups excluding carboxylic acids is 1. The third kappa shape index (κ3) is 2.44. The van der Waals surface area contributed by atoms with Gasteiger partial charge < -0.3 is 9.15 Å². The minimum atomic E-state index is 0.272. The normalized spacial score (nSPS) is 10.1. The number of carbonyl (C=O) groups is 1. The molecule has 0 saturated heterocycles. The predicted molar refractivity (Wildman–Crippen MR) is 59.9 cm³/mol. The van der Waals surface area contributed by atoms with Crippen LogP contribution in [0.25, 0.3) is 0 Å². The van der Waals surface area contributed by atoms with E-state index >= 15 is 0 Å². The maximum atomic E-state index is 10.8. The Kier molecular flexibility index (Phi) is 3.27. The fourth-order valence-electron chi connectivity index (χ4n) is 1.27. The van der Waals surface area contributed by atoms with Crippen LogP contribution in [0.2, 0.25) is 5.02 Å². The van der Waals surface area contributed by atoms with Crippen LogP contribution in [0.4, 0.5) is 0 Å². The highest BCUT2D eigenvalue weighted by Gasteiger charge is 2.05. The standard InChI is InChI=1S/C12H9ClO3/c13-10-4-3-9(7-14)12(6-10)16-8-11-2-1-5-15-11/h1-7H,8H2. The highest BCUT2D eigenvalue weighted by atomic mass is 35.5. The smallest absolute Gasteiger partial charge is 0.153 e. The van der Waals surface area contributed by atoms with Gasteiger partial charge in [0.1, 0.15) is 18.1 Å². The van der Waals surface area contributed by atoms with Crippen molar-refractivity contribution < 1.29 is 13.9 Å². The number of furan rings is 1. The monoisotopic (exact) mass is 236 g/mol. The molecule has 0 radical (unpaired) electrons. The summed E-state index contributed by atoms with van der Waals surface area (Å²) < 4.78 is 10.6. The third-order valence-corrected chi connectivity index (χ3v) is 2.29. The molecular weight excluding hydrogens is 228 g/mol. The van der Waals surface area contributed by atoms with Gasteiger partial charge in [-0.05, 0) is 30.3 Å². The summed E-state index contributed by atoms with van der Waals surface area (Å²) in [5.41, 5.74) is 0.468. The van der Waals surface area contributed by atoms with Crippen molar-refractivity contribution in [2.45, 2.75) is 6.61 Å². The van der Waals surface area contributed by atoms with Gasteiger partial charge in [-0.1, -0.05) is 11.6 Å². The maximum Gasteiger partial charge on any atom is 0.153 e. The summed E-state index contributed by atoms with van der Waals surface area (Å²) in [6, 6.07) is 8.44. The number of aldehydes is 1. The summed E-state index contributed by atoms with van der Waals surface area (Å²) in [6.07, 6.45) is 2.30. The molecule has 82 valence electrons. The molecule has 0 saturated carbocycles. The summed E-state index contributed by atoms with van der Waals surface area (Å²) in [4.78, 5) is 10.8. The molecule has 0 atom stereocenters. The average molecular weight is 237 g/mol. The van der Waals surface area contributed by atoms with Crippen LogP contribution in [0.3, 0.4) is 0 Å². The van der Waals surface area contributed by atoms with Crippen LogP contribution in [0.1, 0.15) is 16.1 Å². The predicted octanol–water partition coefficient (Wildman–Crippen LogP) is 3.32. The Morgan fingerprint density at radius 3 is 2.94 bits per heavy atom. The first kappa shape index (κ1) is 10.8.